The fraction of sp³-hybridized carbons (Fsp3) is 0.333. The first-order valence-corrected chi connectivity index (χ1v) is 6.65. The molecule has 0 unspecified atom stereocenters. The quantitative estimate of drug-likeness (QED) is 0.944. The summed E-state index contributed by atoms with van der Waals surface area (Å²) >= 11 is 11.9. The van der Waals surface area contributed by atoms with Crippen LogP contribution in [0.2, 0.25) is 10.0 Å². The maximum atomic E-state index is 12.1. The van der Waals surface area contributed by atoms with Gasteiger partial charge in [-0.05, 0) is 24.6 Å². The van der Waals surface area contributed by atoms with Crippen molar-refractivity contribution in [1.29, 1.82) is 0 Å². The standard InChI is InChI=1S/C12H14Cl2N4O/c1-3-6-15-11-16-17(2)12(19)18(11)8-4-5-9(13)10(14)7-8/h4-5,7H,3,6H2,1-2H3,(H,15,16). The lowest BCUT2D eigenvalue weighted by atomic mass is 10.3. The normalized spacial score (nSPS) is 10.7. The highest BCUT2D eigenvalue weighted by atomic mass is 35.5. The Labute approximate surface area is 120 Å². The van der Waals surface area contributed by atoms with Crippen LogP contribution in [0.15, 0.2) is 23.0 Å². The molecule has 19 heavy (non-hydrogen) atoms. The zero-order valence-corrected chi connectivity index (χ0v) is 12.2. The Hall–Kier alpha value is -1.46. The third kappa shape index (κ3) is 2.77. The van der Waals surface area contributed by atoms with Crippen LogP contribution in [0.1, 0.15) is 13.3 Å². The van der Waals surface area contributed by atoms with Crippen molar-refractivity contribution in [3.05, 3.63) is 38.7 Å². The van der Waals surface area contributed by atoms with Crippen LogP contribution < -0.4 is 11.0 Å². The zero-order valence-electron chi connectivity index (χ0n) is 10.7. The summed E-state index contributed by atoms with van der Waals surface area (Å²) in [5.41, 5.74) is 0.392. The summed E-state index contributed by atoms with van der Waals surface area (Å²) in [5, 5.41) is 8.12. The topological polar surface area (TPSA) is 51.9 Å². The molecule has 1 heterocycles. The average Bonchev–Trinajstić information content (AvgIpc) is 2.66. The van der Waals surface area contributed by atoms with Gasteiger partial charge in [0.05, 0.1) is 15.7 Å². The second kappa shape index (κ2) is 5.67. The molecule has 0 aliphatic rings. The highest BCUT2D eigenvalue weighted by Gasteiger charge is 2.13. The molecule has 0 aliphatic heterocycles. The van der Waals surface area contributed by atoms with Crippen LogP contribution in [-0.2, 0) is 7.05 Å². The molecule has 1 N–H and O–H groups in total. The maximum absolute atomic E-state index is 12.1. The fourth-order valence-electron chi connectivity index (χ4n) is 1.67. The number of benzene rings is 1. The highest BCUT2D eigenvalue weighted by Crippen LogP contribution is 2.24. The molecule has 0 saturated carbocycles. The molecule has 1 aromatic heterocycles. The monoisotopic (exact) mass is 300 g/mol. The first kappa shape index (κ1) is 14.0. The molecular weight excluding hydrogens is 287 g/mol. The van der Waals surface area contributed by atoms with Crippen molar-refractivity contribution in [2.24, 2.45) is 7.05 Å². The van der Waals surface area contributed by atoms with Gasteiger partial charge in [-0.3, -0.25) is 0 Å². The smallest absolute Gasteiger partial charge is 0.351 e. The summed E-state index contributed by atoms with van der Waals surface area (Å²) < 4.78 is 2.75. The number of hydrogen-bond acceptors (Lipinski definition) is 3. The average molecular weight is 301 g/mol. The first-order chi connectivity index (χ1) is 9.04. The van der Waals surface area contributed by atoms with Gasteiger partial charge in [0.15, 0.2) is 0 Å². The number of rotatable bonds is 4. The lowest BCUT2D eigenvalue weighted by Crippen LogP contribution is -2.22. The molecule has 0 fully saturated rings. The predicted octanol–water partition coefficient (Wildman–Crippen LogP) is 2.70. The minimum Gasteiger partial charge on any atom is -0.354 e. The van der Waals surface area contributed by atoms with E-state index in [1.54, 1.807) is 25.2 Å². The number of halogens is 2. The Bertz CT molecular complexity index is 648. The molecule has 2 rings (SSSR count). The van der Waals surface area contributed by atoms with E-state index in [0.29, 0.717) is 21.7 Å². The van der Waals surface area contributed by atoms with E-state index in [-0.39, 0.29) is 5.69 Å². The molecule has 7 heteroatoms. The molecule has 0 radical (unpaired) electrons. The first-order valence-electron chi connectivity index (χ1n) is 5.90. The van der Waals surface area contributed by atoms with Crippen molar-refractivity contribution in [2.75, 3.05) is 11.9 Å². The van der Waals surface area contributed by atoms with Crippen LogP contribution in [0.5, 0.6) is 0 Å². The van der Waals surface area contributed by atoms with Crippen LogP contribution in [0.3, 0.4) is 0 Å². The predicted molar refractivity (Wildman–Crippen MR) is 77.6 cm³/mol. The van der Waals surface area contributed by atoms with E-state index < -0.39 is 0 Å². The zero-order chi connectivity index (χ0) is 14.0. The van der Waals surface area contributed by atoms with E-state index in [0.717, 1.165) is 13.0 Å². The molecule has 0 atom stereocenters. The summed E-state index contributed by atoms with van der Waals surface area (Å²) in [6.45, 7) is 2.77. The van der Waals surface area contributed by atoms with Gasteiger partial charge in [-0.25, -0.2) is 14.0 Å². The summed E-state index contributed by atoms with van der Waals surface area (Å²) in [4.78, 5) is 12.1. The summed E-state index contributed by atoms with van der Waals surface area (Å²) in [5.74, 6) is 0.493. The number of aryl methyl sites for hydroxylation is 1. The summed E-state index contributed by atoms with van der Waals surface area (Å²) in [7, 11) is 1.60. The van der Waals surface area contributed by atoms with Gasteiger partial charge in [0, 0.05) is 13.6 Å². The van der Waals surface area contributed by atoms with E-state index in [2.05, 4.69) is 10.4 Å². The van der Waals surface area contributed by atoms with E-state index in [4.69, 9.17) is 23.2 Å². The fourth-order valence-corrected chi connectivity index (χ4v) is 1.97. The molecule has 0 bridgehead atoms. The van der Waals surface area contributed by atoms with E-state index >= 15 is 0 Å². The third-order valence-corrected chi connectivity index (χ3v) is 3.36. The molecular formula is C12H14Cl2N4O. The number of nitrogens with one attached hydrogen (secondary N) is 1. The molecule has 0 spiro atoms. The molecule has 0 aliphatic carbocycles. The van der Waals surface area contributed by atoms with Gasteiger partial charge in [-0.2, -0.15) is 0 Å². The van der Waals surface area contributed by atoms with Gasteiger partial charge in [0.25, 0.3) is 0 Å². The summed E-state index contributed by atoms with van der Waals surface area (Å²) in [6, 6.07) is 5.03. The van der Waals surface area contributed by atoms with Gasteiger partial charge in [0.1, 0.15) is 0 Å². The lowest BCUT2D eigenvalue weighted by Gasteiger charge is -2.07. The van der Waals surface area contributed by atoms with Crippen molar-refractivity contribution >= 4 is 29.2 Å². The van der Waals surface area contributed by atoms with Crippen LogP contribution in [-0.4, -0.2) is 20.9 Å². The Morgan fingerprint density at radius 1 is 1.32 bits per heavy atom. The van der Waals surface area contributed by atoms with Crippen LogP contribution in [0, 0.1) is 0 Å². The van der Waals surface area contributed by atoms with E-state index in [1.165, 1.54) is 9.25 Å². The SMILES string of the molecule is CCCNc1nn(C)c(=O)n1-c1ccc(Cl)c(Cl)c1. The Morgan fingerprint density at radius 3 is 2.68 bits per heavy atom. The van der Waals surface area contributed by atoms with Crippen molar-refractivity contribution in [1.82, 2.24) is 14.3 Å². The number of hydrogen-bond donors (Lipinski definition) is 1. The number of aromatic nitrogens is 3. The van der Waals surface area contributed by atoms with Crippen LogP contribution in [0.4, 0.5) is 5.95 Å². The summed E-state index contributed by atoms with van der Waals surface area (Å²) in [6.07, 6.45) is 0.937. The minimum atomic E-state index is -0.239. The molecule has 2 aromatic rings. The third-order valence-electron chi connectivity index (χ3n) is 2.62. The second-order valence-electron chi connectivity index (χ2n) is 4.09. The minimum absolute atomic E-state index is 0.239. The van der Waals surface area contributed by atoms with E-state index in [1.807, 2.05) is 6.92 Å². The molecule has 0 saturated heterocycles. The van der Waals surface area contributed by atoms with Crippen molar-refractivity contribution in [2.45, 2.75) is 13.3 Å². The van der Waals surface area contributed by atoms with Gasteiger partial charge in [0.2, 0.25) is 5.95 Å². The molecule has 102 valence electrons. The largest absolute Gasteiger partial charge is 0.354 e. The van der Waals surface area contributed by atoms with Crippen LogP contribution in [0.25, 0.3) is 5.69 Å². The van der Waals surface area contributed by atoms with Crippen molar-refractivity contribution < 1.29 is 0 Å². The van der Waals surface area contributed by atoms with Crippen molar-refractivity contribution in [3.8, 4) is 5.69 Å². The second-order valence-corrected chi connectivity index (χ2v) is 4.90. The van der Waals surface area contributed by atoms with Gasteiger partial charge < -0.3 is 5.32 Å². The van der Waals surface area contributed by atoms with Crippen LogP contribution >= 0.6 is 23.2 Å². The number of nitrogens with zero attached hydrogens (tertiary/aromatic N) is 3. The van der Waals surface area contributed by atoms with Crippen molar-refractivity contribution in [3.63, 3.8) is 0 Å². The Morgan fingerprint density at radius 2 is 2.05 bits per heavy atom. The van der Waals surface area contributed by atoms with Gasteiger partial charge in [-0.15, -0.1) is 5.10 Å². The number of anilines is 1. The molecule has 0 amide bonds. The van der Waals surface area contributed by atoms with E-state index in [9.17, 15) is 4.79 Å². The highest BCUT2D eigenvalue weighted by molar-refractivity contribution is 6.42. The lowest BCUT2D eigenvalue weighted by molar-refractivity contribution is 0.726. The molecule has 5 nitrogen and oxygen atoms in total. The van der Waals surface area contributed by atoms with Gasteiger partial charge in [-0.1, -0.05) is 30.1 Å². The Kier molecular flexibility index (Phi) is 4.17. The van der Waals surface area contributed by atoms with Gasteiger partial charge >= 0.3 is 5.69 Å². The Balaban J connectivity index is 2.53. The maximum Gasteiger partial charge on any atom is 0.351 e. The molecule has 1 aromatic carbocycles.